The molecule has 0 fully saturated rings. The van der Waals surface area contributed by atoms with Gasteiger partial charge in [0.25, 0.3) is 0 Å². The topological polar surface area (TPSA) is 168 Å². The van der Waals surface area contributed by atoms with E-state index >= 15 is 0 Å². The molecule has 8 N–H and O–H groups in total. The van der Waals surface area contributed by atoms with Crippen LogP contribution in [0.15, 0.2) is 17.7 Å². The van der Waals surface area contributed by atoms with Gasteiger partial charge in [-0.25, -0.2) is 21.8 Å². The van der Waals surface area contributed by atoms with Gasteiger partial charge in [-0.05, 0) is 35.7 Å². The van der Waals surface area contributed by atoms with E-state index in [1.165, 1.54) is 12.1 Å². The van der Waals surface area contributed by atoms with Gasteiger partial charge < -0.3 is 19.9 Å². The number of hydrogen-bond acceptors (Lipinski definition) is 8. The predicted octanol–water partition coefficient (Wildman–Crippen LogP) is 2.03. The second-order valence-corrected chi connectivity index (χ2v) is 8.06. The van der Waals surface area contributed by atoms with Gasteiger partial charge in [-0.15, -0.1) is 0 Å². The molecule has 10 nitrogen and oxygen atoms in total. The van der Waals surface area contributed by atoms with Crippen LogP contribution in [-0.4, -0.2) is 54.4 Å². The third-order valence-electron chi connectivity index (χ3n) is 4.06. The van der Waals surface area contributed by atoms with Gasteiger partial charge in [0.15, 0.2) is 0 Å². The molecule has 1 heterocycles. The quantitative estimate of drug-likeness (QED) is 0.216. The molecule has 1 unspecified atom stereocenters. The van der Waals surface area contributed by atoms with Crippen LogP contribution in [0, 0.1) is 0 Å². The Morgan fingerprint density at radius 3 is 2.26 bits per heavy atom. The number of benzene rings is 1. The monoisotopic (exact) mass is 516 g/mol. The molecule has 1 aliphatic rings. The summed E-state index contributed by atoms with van der Waals surface area (Å²) < 4.78 is 49.6. The third-order valence-corrected chi connectivity index (χ3v) is 4.38. The van der Waals surface area contributed by atoms with Crippen LogP contribution >= 0.6 is 11.6 Å². The number of likely N-dealkylation sites (N-methyl/N-ethyl adjacent to an activating group) is 1. The van der Waals surface area contributed by atoms with Crippen molar-refractivity contribution in [2.24, 2.45) is 5.90 Å². The number of nitrogens with one attached hydrogen (secondary N) is 1. The summed E-state index contributed by atoms with van der Waals surface area (Å²) in [4.78, 5) is 25.6. The first-order valence-electron chi connectivity index (χ1n) is 9.74. The van der Waals surface area contributed by atoms with Crippen molar-refractivity contribution in [3.05, 3.63) is 33.9 Å². The fourth-order valence-electron chi connectivity index (χ4n) is 2.60. The molecule has 1 aliphatic heterocycles. The normalized spacial score (nSPS) is 14.8. The molecule has 0 bridgehead atoms. The van der Waals surface area contributed by atoms with Crippen LogP contribution in [0.4, 0.5) is 13.2 Å². The molecule has 1 atom stereocenters. The number of carboxylic acids is 1. The first-order chi connectivity index (χ1) is 15.7. The maximum atomic E-state index is 13.3. The van der Waals surface area contributed by atoms with Crippen molar-refractivity contribution in [3.63, 3.8) is 0 Å². The van der Waals surface area contributed by atoms with E-state index < -0.39 is 42.0 Å². The summed E-state index contributed by atoms with van der Waals surface area (Å²) in [5.41, 5.74) is -0.231. The number of halogens is 4. The molecule has 0 aromatic heterocycles. The molecule has 2 rings (SSSR count). The number of hydrogen-bond donors (Lipinski definition) is 5. The van der Waals surface area contributed by atoms with Crippen LogP contribution in [0.2, 0.25) is 5.02 Å². The summed E-state index contributed by atoms with van der Waals surface area (Å²) in [5, 5.41) is 17.7. The Morgan fingerprint density at radius 1 is 1.26 bits per heavy atom. The molecule has 0 radical (unpaired) electrons. The molecule has 0 amide bonds. The number of carboxylic acid groups (broad SMARTS) is 1. The lowest BCUT2D eigenvalue weighted by Crippen LogP contribution is -2.42. The minimum Gasteiger partial charge on any atom is -0.480 e. The van der Waals surface area contributed by atoms with E-state index in [9.17, 15) is 22.8 Å². The highest BCUT2D eigenvalue weighted by molar-refractivity contribution is 6.31. The van der Waals surface area contributed by atoms with Gasteiger partial charge in [-0.3, -0.25) is 9.63 Å². The Hall–Kier alpha value is -2.42. The smallest absolute Gasteiger partial charge is 0.430 e. The van der Waals surface area contributed by atoms with Crippen molar-refractivity contribution in [3.8, 4) is 5.75 Å². The number of alkyl halides is 3. The fraction of sp³-hybridized carbons (Fsp3) is 0.500. The highest BCUT2D eigenvalue weighted by Crippen LogP contribution is 2.42. The Labute approximate surface area is 199 Å². The van der Waals surface area contributed by atoms with E-state index in [4.69, 9.17) is 32.5 Å². The maximum Gasteiger partial charge on any atom is 0.430 e. The highest BCUT2D eigenvalue weighted by atomic mass is 35.5. The lowest BCUT2D eigenvalue weighted by Gasteiger charge is -2.30. The van der Waals surface area contributed by atoms with Crippen LogP contribution in [0.3, 0.4) is 0 Å². The second-order valence-electron chi connectivity index (χ2n) is 7.65. The average molecular weight is 517 g/mol. The average Bonchev–Trinajstić information content (AvgIpc) is 2.75. The number of quaternary nitrogens is 1. The third kappa shape index (κ3) is 9.83. The summed E-state index contributed by atoms with van der Waals surface area (Å²) >= 11 is 6.22. The summed E-state index contributed by atoms with van der Waals surface area (Å²) in [6.07, 6.45) is -6.22. The Balaban J connectivity index is 0.00000104. The Morgan fingerprint density at radius 2 is 1.85 bits per heavy atom. The van der Waals surface area contributed by atoms with Gasteiger partial charge in [0, 0.05) is 10.6 Å². The van der Waals surface area contributed by atoms with E-state index in [0.717, 1.165) is 6.08 Å². The molecular formula is C20H30ClF3N3O7+. The Bertz CT molecular complexity index is 859. The van der Waals surface area contributed by atoms with E-state index in [0.29, 0.717) is 17.1 Å². The second kappa shape index (κ2) is 14.1. The van der Waals surface area contributed by atoms with Crippen molar-refractivity contribution in [1.29, 1.82) is 0 Å². The predicted molar refractivity (Wildman–Crippen MR) is 116 cm³/mol. The van der Waals surface area contributed by atoms with Crippen molar-refractivity contribution in [1.82, 2.24) is 5.32 Å². The highest BCUT2D eigenvalue weighted by Gasteiger charge is 2.49. The van der Waals surface area contributed by atoms with Crippen LogP contribution in [-0.2, 0) is 24.6 Å². The molecule has 1 aromatic carbocycles. The zero-order valence-corrected chi connectivity index (χ0v) is 19.9. The van der Waals surface area contributed by atoms with Gasteiger partial charge in [-0.1, -0.05) is 39.3 Å². The van der Waals surface area contributed by atoms with Gasteiger partial charge in [-0.2, -0.15) is 13.2 Å². The minimum absolute atomic E-state index is 0.0109. The molecule has 0 spiro atoms. The zero-order chi connectivity index (χ0) is 26.7. The van der Waals surface area contributed by atoms with Crippen molar-refractivity contribution >= 4 is 29.6 Å². The van der Waals surface area contributed by atoms with E-state index in [1.54, 1.807) is 0 Å². The summed E-state index contributed by atoms with van der Waals surface area (Å²) in [5.74, 6) is 4.91. The number of rotatable bonds is 6. The molecule has 0 saturated heterocycles. The largest absolute Gasteiger partial charge is 0.480 e. The number of fused-ring (bicyclic) bond motifs is 1. The van der Waals surface area contributed by atoms with Crippen LogP contribution in [0.5, 0.6) is 5.75 Å². The lowest BCUT2D eigenvalue weighted by atomic mass is 9.85. The number of esters is 1. The number of carbonyl (C=O) groups excluding carboxylic acids is 1. The van der Waals surface area contributed by atoms with Gasteiger partial charge in [0.1, 0.15) is 5.75 Å². The van der Waals surface area contributed by atoms with Crippen molar-refractivity contribution in [2.45, 2.75) is 45.4 Å². The molecule has 1 aromatic rings. The first-order valence-corrected chi connectivity index (χ1v) is 10.1. The summed E-state index contributed by atoms with van der Waals surface area (Å²) in [6, 6.07) is 2.91. The standard InChI is InChI=1S/C16H17ClF3NO4.C4H9NO2.H4NO/c1-15(2,3)10-6-12-8(5-11(10)17)4-9(14(22)23-7-24-21)13(25-12)16(18,19)20;1-2-5-3-4(6)7;1-2/h4-6,13H,7,21H2,1-3H3;5H,2-3H2,1H3,(H,6,7);2H,1H3/q;;+1. The van der Waals surface area contributed by atoms with E-state index in [1.807, 2.05) is 27.7 Å². The van der Waals surface area contributed by atoms with E-state index in [-0.39, 0.29) is 17.9 Å². The van der Waals surface area contributed by atoms with Crippen LogP contribution in [0.25, 0.3) is 6.08 Å². The van der Waals surface area contributed by atoms with Crippen LogP contribution < -0.4 is 21.8 Å². The SMILES string of the molecule is CC(C)(C)c1cc2c(cc1Cl)C=C(C(=O)OCON)C(C(F)(F)F)O2.CCNCC(=O)O.[NH3+]O. The van der Waals surface area contributed by atoms with E-state index in [2.05, 4.69) is 20.8 Å². The summed E-state index contributed by atoms with van der Waals surface area (Å²) in [7, 11) is 0. The molecular weight excluding hydrogens is 487 g/mol. The molecule has 0 saturated carbocycles. The van der Waals surface area contributed by atoms with Gasteiger partial charge >= 0.3 is 18.1 Å². The summed E-state index contributed by atoms with van der Waals surface area (Å²) in [6.45, 7) is 7.57. The molecule has 14 heteroatoms. The van der Waals surface area contributed by atoms with Crippen LogP contribution in [0.1, 0.15) is 38.8 Å². The molecule has 0 aliphatic carbocycles. The number of ether oxygens (including phenoxy) is 2. The van der Waals surface area contributed by atoms with Crippen molar-refractivity contribution in [2.75, 3.05) is 19.9 Å². The lowest BCUT2D eigenvalue weighted by molar-refractivity contribution is -0.670. The minimum atomic E-state index is -4.81. The first kappa shape index (κ1) is 31.6. The fourth-order valence-corrected chi connectivity index (χ4v) is 3.06. The van der Waals surface area contributed by atoms with Gasteiger partial charge in [0.2, 0.25) is 12.9 Å². The Kier molecular flexibility index (Phi) is 13.1. The number of nitrogens with two attached hydrogens (primary N) is 1. The number of aliphatic carboxylic acids is 1. The van der Waals surface area contributed by atoms with Crippen molar-refractivity contribution < 1.29 is 53.3 Å². The molecule has 194 valence electrons. The maximum absolute atomic E-state index is 13.3. The molecule has 34 heavy (non-hydrogen) atoms. The van der Waals surface area contributed by atoms with Gasteiger partial charge in [0.05, 0.1) is 12.1 Å². The zero-order valence-electron chi connectivity index (χ0n) is 19.2. The number of carbonyl (C=O) groups is 2.